The van der Waals surface area contributed by atoms with Crippen LogP contribution < -0.4 is 0 Å². The first-order valence-corrected chi connectivity index (χ1v) is 9.26. The topological polar surface area (TPSA) is 0 Å². The molecule has 0 amide bonds. The zero-order valence-corrected chi connectivity index (χ0v) is 16.2. The van der Waals surface area contributed by atoms with Gasteiger partial charge in [0.15, 0.2) is 0 Å². The van der Waals surface area contributed by atoms with Crippen LogP contribution in [0.4, 0.5) is 0 Å². The lowest BCUT2D eigenvalue weighted by molar-refractivity contribution is 1.53. The second-order valence-corrected chi connectivity index (χ2v) is 7.09. The van der Waals surface area contributed by atoms with Crippen molar-refractivity contribution in [3.05, 3.63) is 104 Å². The average molecular weight is 440 g/mol. The first-order chi connectivity index (χ1) is 11.7. The summed E-state index contributed by atoms with van der Waals surface area (Å²) in [7, 11) is 0. The summed E-state index contributed by atoms with van der Waals surface area (Å²) in [6.07, 6.45) is 8.57. The highest BCUT2D eigenvalue weighted by atomic mass is 79.9. The quantitative estimate of drug-likeness (QED) is 0.368. The van der Waals surface area contributed by atoms with Gasteiger partial charge in [0, 0.05) is 8.95 Å². The molecular formula is C22H16Br2. The molecule has 0 saturated heterocycles. The van der Waals surface area contributed by atoms with Crippen LogP contribution in [0.3, 0.4) is 0 Å². The van der Waals surface area contributed by atoms with Crippen LogP contribution in [0, 0.1) is 0 Å². The molecule has 0 aromatic heterocycles. The summed E-state index contributed by atoms with van der Waals surface area (Å²) in [6.45, 7) is 0. The molecule has 0 nitrogen and oxygen atoms in total. The first-order valence-electron chi connectivity index (χ1n) is 7.68. The minimum Gasteiger partial charge on any atom is -0.0622 e. The van der Waals surface area contributed by atoms with E-state index in [1.807, 2.05) is 36.4 Å². The SMILES string of the molecule is Brc1cc(C=Cc2ccccc2)c(C=Cc2ccccc2)cc1Br. The van der Waals surface area contributed by atoms with E-state index >= 15 is 0 Å². The minimum atomic E-state index is 1.05. The molecule has 0 unspecified atom stereocenters. The summed E-state index contributed by atoms with van der Waals surface area (Å²) in [4.78, 5) is 0. The predicted molar refractivity (Wildman–Crippen MR) is 113 cm³/mol. The van der Waals surface area contributed by atoms with Crippen LogP contribution in [-0.2, 0) is 0 Å². The molecular weight excluding hydrogens is 424 g/mol. The molecule has 2 heteroatoms. The lowest BCUT2D eigenvalue weighted by Gasteiger charge is -2.05. The minimum absolute atomic E-state index is 1.05. The van der Waals surface area contributed by atoms with E-state index in [9.17, 15) is 0 Å². The largest absolute Gasteiger partial charge is 0.0622 e. The van der Waals surface area contributed by atoms with Gasteiger partial charge in [0.1, 0.15) is 0 Å². The Hall–Kier alpha value is -1.90. The van der Waals surface area contributed by atoms with Crippen molar-refractivity contribution >= 4 is 56.2 Å². The van der Waals surface area contributed by atoms with Crippen LogP contribution in [-0.4, -0.2) is 0 Å². The third kappa shape index (κ3) is 4.56. The molecule has 3 rings (SSSR count). The summed E-state index contributed by atoms with van der Waals surface area (Å²) in [6, 6.07) is 24.9. The molecule has 118 valence electrons. The monoisotopic (exact) mass is 438 g/mol. The van der Waals surface area contributed by atoms with Gasteiger partial charge in [0.05, 0.1) is 0 Å². The second kappa shape index (κ2) is 8.27. The maximum atomic E-state index is 3.60. The van der Waals surface area contributed by atoms with E-state index in [1.165, 1.54) is 22.3 Å². The van der Waals surface area contributed by atoms with Crippen LogP contribution in [0.15, 0.2) is 81.7 Å². The van der Waals surface area contributed by atoms with Crippen molar-refractivity contribution in [3.63, 3.8) is 0 Å². The van der Waals surface area contributed by atoms with Gasteiger partial charge in [-0.2, -0.15) is 0 Å². The van der Waals surface area contributed by atoms with Crippen molar-refractivity contribution in [1.29, 1.82) is 0 Å². The molecule has 0 fully saturated rings. The summed E-state index contributed by atoms with van der Waals surface area (Å²) >= 11 is 7.20. The van der Waals surface area contributed by atoms with Gasteiger partial charge in [-0.3, -0.25) is 0 Å². The zero-order chi connectivity index (χ0) is 16.8. The molecule has 0 saturated carbocycles. The van der Waals surface area contributed by atoms with Crippen molar-refractivity contribution in [3.8, 4) is 0 Å². The van der Waals surface area contributed by atoms with E-state index in [4.69, 9.17) is 0 Å². The third-order valence-corrected chi connectivity index (χ3v) is 5.48. The Labute approximate surface area is 159 Å². The van der Waals surface area contributed by atoms with Gasteiger partial charge in [-0.15, -0.1) is 0 Å². The van der Waals surface area contributed by atoms with E-state index in [2.05, 4.69) is 92.6 Å². The molecule has 24 heavy (non-hydrogen) atoms. The Morgan fingerprint density at radius 3 is 1.25 bits per heavy atom. The van der Waals surface area contributed by atoms with E-state index < -0.39 is 0 Å². The van der Waals surface area contributed by atoms with E-state index in [0.29, 0.717) is 0 Å². The Morgan fingerprint density at radius 2 is 0.875 bits per heavy atom. The van der Waals surface area contributed by atoms with Crippen molar-refractivity contribution in [2.24, 2.45) is 0 Å². The number of hydrogen-bond acceptors (Lipinski definition) is 0. The normalized spacial score (nSPS) is 11.4. The summed E-state index contributed by atoms with van der Waals surface area (Å²) in [5.41, 5.74) is 4.71. The molecule has 0 atom stereocenters. The van der Waals surface area contributed by atoms with Gasteiger partial charge in [-0.25, -0.2) is 0 Å². The molecule has 3 aromatic carbocycles. The molecule has 0 heterocycles. The fourth-order valence-corrected chi connectivity index (χ4v) is 3.09. The molecule has 0 aliphatic carbocycles. The number of rotatable bonds is 4. The van der Waals surface area contributed by atoms with Crippen molar-refractivity contribution in [2.75, 3.05) is 0 Å². The van der Waals surface area contributed by atoms with Crippen LogP contribution in [0.2, 0.25) is 0 Å². The average Bonchev–Trinajstić information content (AvgIpc) is 2.63. The maximum Gasteiger partial charge on any atom is 0.0323 e. The second-order valence-electron chi connectivity index (χ2n) is 5.38. The summed E-state index contributed by atoms with van der Waals surface area (Å²) in [5.74, 6) is 0. The van der Waals surface area contributed by atoms with Gasteiger partial charge in [-0.1, -0.05) is 85.0 Å². The fourth-order valence-electron chi connectivity index (χ4n) is 2.37. The van der Waals surface area contributed by atoms with Crippen LogP contribution in [0.5, 0.6) is 0 Å². The lowest BCUT2D eigenvalue weighted by Crippen LogP contribution is -1.83. The molecule has 0 aliphatic rings. The Morgan fingerprint density at radius 1 is 0.500 bits per heavy atom. The van der Waals surface area contributed by atoms with Crippen molar-refractivity contribution in [2.45, 2.75) is 0 Å². The molecule has 0 radical (unpaired) electrons. The first kappa shape index (κ1) is 16.9. The lowest BCUT2D eigenvalue weighted by atomic mass is 10.0. The van der Waals surface area contributed by atoms with Gasteiger partial charge >= 0.3 is 0 Å². The number of benzene rings is 3. The van der Waals surface area contributed by atoms with Crippen LogP contribution in [0.25, 0.3) is 24.3 Å². The van der Waals surface area contributed by atoms with Gasteiger partial charge in [0.2, 0.25) is 0 Å². The predicted octanol–water partition coefficient (Wildman–Crippen LogP) is 7.55. The molecule has 0 bridgehead atoms. The van der Waals surface area contributed by atoms with E-state index in [1.54, 1.807) is 0 Å². The van der Waals surface area contributed by atoms with Crippen molar-refractivity contribution in [1.82, 2.24) is 0 Å². The molecule has 0 N–H and O–H groups in total. The van der Waals surface area contributed by atoms with Gasteiger partial charge in [-0.05, 0) is 66.2 Å². The number of halogens is 2. The smallest absolute Gasteiger partial charge is 0.0323 e. The Kier molecular flexibility index (Phi) is 5.84. The highest BCUT2D eigenvalue weighted by Crippen LogP contribution is 2.29. The number of hydrogen-bond donors (Lipinski definition) is 0. The van der Waals surface area contributed by atoms with E-state index in [0.717, 1.165) is 8.95 Å². The van der Waals surface area contributed by atoms with Crippen molar-refractivity contribution < 1.29 is 0 Å². The highest BCUT2D eigenvalue weighted by Gasteiger charge is 2.03. The van der Waals surface area contributed by atoms with E-state index in [-0.39, 0.29) is 0 Å². The zero-order valence-electron chi connectivity index (χ0n) is 13.0. The van der Waals surface area contributed by atoms with Crippen LogP contribution in [0.1, 0.15) is 22.3 Å². The maximum absolute atomic E-state index is 3.60. The summed E-state index contributed by atoms with van der Waals surface area (Å²) in [5, 5.41) is 0. The molecule has 0 aliphatic heterocycles. The third-order valence-electron chi connectivity index (χ3n) is 3.64. The molecule has 0 spiro atoms. The van der Waals surface area contributed by atoms with Gasteiger partial charge in [0.25, 0.3) is 0 Å². The highest BCUT2D eigenvalue weighted by molar-refractivity contribution is 9.13. The Bertz CT molecular complexity index is 789. The standard InChI is InChI=1S/C22H16Br2/c23-21-15-19(13-11-17-7-3-1-4-8-17)20(16-22(21)24)14-12-18-9-5-2-6-10-18/h1-16H. The summed E-state index contributed by atoms with van der Waals surface area (Å²) < 4.78 is 2.10. The fraction of sp³-hybridized carbons (Fsp3) is 0. The van der Waals surface area contributed by atoms with Gasteiger partial charge < -0.3 is 0 Å². The van der Waals surface area contributed by atoms with Crippen LogP contribution >= 0.6 is 31.9 Å². The molecule has 3 aromatic rings. The Balaban J connectivity index is 1.94.